The normalized spacial score (nSPS) is 16.7. The Morgan fingerprint density at radius 2 is 1.86 bits per heavy atom. The van der Waals surface area contributed by atoms with Crippen molar-refractivity contribution in [2.24, 2.45) is 10.2 Å². The van der Waals surface area contributed by atoms with Gasteiger partial charge in [-0.3, -0.25) is 9.69 Å². The molecule has 1 aromatic heterocycles. The van der Waals surface area contributed by atoms with Gasteiger partial charge in [0.1, 0.15) is 5.76 Å². The average Bonchev–Trinajstić information content (AvgIpc) is 3.44. The molecular weight excluding hydrogens is 462 g/mol. The van der Waals surface area contributed by atoms with Crippen molar-refractivity contribution in [2.75, 3.05) is 7.11 Å². The predicted octanol–water partition coefficient (Wildman–Crippen LogP) is 5.80. The molecule has 1 aliphatic heterocycles. The molecule has 0 atom stereocenters. The third-order valence-electron chi connectivity index (χ3n) is 5.41. The molecule has 1 aliphatic rings. The summed E-state index contributed by atoms with van der Waals surface area (Å²) in [5.74, 6) is 0.873. The molecule has 0 radical (unpaired) electrons. The first kappa shape index (κ1) is 24.3. The zero-order valence-corrected chi connectivity index (χ0v) is 20.9. The van der Waals surface area contributed by atoms with E-state index in [1.54, 1.807) is 29.4 Å². The molecule has 4 rings (SSSR count). The quantitative estimate of drug-likeness (QED) is 0.269. The highest BCUT2D eigenvalue weighted by molar-refractivity contribution is 8.18. The lowest BCUT2D eigenvalue weighted by molar-refractivity contribution is -0.122. The molecule has 180 valence electrons. The number of thioether (sulfide) groups is 1. The van der Waals surface area contributed by atoms with Gasteiger partial charge in [0.05, 0.1) is 31.0 Å². The number of aromatic hydroxyl groups is 1. The first-order chi connectivity index (χ1) is 16.7. The molecule has 1 fully saturated rings. The van der Waals surface area contributed by atoms with E-state index in [0.717, 1.165) is 5.56 Å². The molecule has 0 aliphatic carbocycles. The lowest BCUT2D eigenvalue weighted by Crippen LogP contribution is -2.28. The van der Waals surface area contributed by atoms with Crippen LogP contribution >= 0.6 is 11.8 Å². The SMILES string of the molecule is COc1cc(/C=N/N=C2\S/C(=C\c3ccc(C(C)(C)C)cc3)C(=O)N2Cc2ccco2)ccc1O. The van der Waals surface area contributed by atoms with Crippen molar-refractivity contribution in [3.63, 3.8) is 0 Å². The monoisotopic (exact) mass is 489 g/mol. The molecule has 1 saturated heterocycles. The van der Waals surface area contributed by atoms with Gasteiger partial charge in [-0.15, -0.1) is 5.10 Å². The number of phenolic OH excluding ortho intramolecular Hbond substituents is 1. The molecule has 3 aromatic rings. The van der Waals surface area contributed by atoms with Crippen LogP contribution < -0.4 is 4.74 Å². The van der Waals surface area contributed by atoms with Gasteiger partial charge >= 0.3 is 0 Å². The van der Waals surface area contributed by atoms with Gasteiger partial charge in [-0.25, -0.2) is 0 Å². The van der Waals surface area contributed by atoms with Gasteiger partial charge < -0.3 is 14.3 Å². The molecule has 7 nitrogen and oxygen atoms in total. The maximum atomic E-state index is 13.2. The van der Waals surface area contributed by atoms with Crippen LogP contribution in [0.3, 0.4) is 0 Å². The second-order valence-corrected chi connectivity index (χ2v) is 10.0. The molecule has 0 saturated carbocycles. The molecule has 0 unspecified atom stereocenters. The van der Waals surface area contributed by atoms with E-state index in [9.17, 15) is 9.90 Å². The fourth-order valence-electron chi connectivity index (χ4n) is 3.43. The van der Waals surface area contributed by atoms with Crippen molar-refractivity contribution >= 4 is 35.1 Å². The fraction of sp³-hybridized carbons (Fsp3) is 0.222. The number of phenols is 1. The lowest BCUT2D eigenvalue weighted by Gasteiger charge is -2.18. The number of carbonyl (C=O) groups excluding carboxylic acids is 1. The van der Waals surface area contributed by atoms with Crippen molar-refractivity contribution in [1.82, 2.24) is 4.90 Å². The number of nitrogens with zero attached hydrogens (tertiary/aromatic N) is 3. The second-order valence-electron chi connectivity index (χ2n) is 9.01. The highest BCUT2D eigenvalue weighted by atomic mass is 32.2. The Balaban J connectivity index is 1.60. The van der Waals surface area contributed by atoms with E-state index >= 15 is 0 Å². The Labute approximate surface area is 208 Å². The van der Waals surface area contributed by atoms with Gasteiger partial charge in [-0.05, 0) is 70.3 Å². The van der Waals surface area contributed by atoms with Crippen LogP contribution in [0.4, 0.5) is 0 Å². The van der Waals surface area contributed by atoms with E-state index in [4.69, 9.17) is 9.15 Å². The third-order valence-corrected chi connectivity index (χ3v) is 6.41. The van der Waals surface area contributed by atoms with E-state index in [-0.39, 0.29) is 23.6 Å². The van der Waals surface area contributed by atoms with E-state index in [2.05, 4.69) is 43.1 Å². The van der Waals surface area contributed by atoms with Crippen LogP contribution in [0, 0.1) is 0 Å². The van der Waals surface area contributed by atoms with E-state index in [1.807, 2.05) is 24.3 Å². The number of carbonyl (C=O) groups is 1. The maximum absolute atomic E-state index is 13.2. The number of furan rings is 1. The van der Waals surface area contributed by atoms with Crippen LogP contribution in [-0.4, -0.2) is 34.4 Å². The Morgan fingerprint density at radius 3 is 2.51 bits per heavy atom. The van der Waals surface area contributed by atoms with Crippen LogP contribution in [-0.2, 0) is 16.8 Å². The number of hydrogen-bond donors (Lipinski definition) is 1. The molecule has 0 bridgehead atoms. The standard InChI is InChI=1S/C27H27N3O4S/c1-27(2,3)20-10-7-18(8-11-20)15-24-25(32)30(17-21-6-5-13-34-21)26(35-24)29-28-16-19-9-12-22(31)23(14-19)33-4/h5-16,31H,17H2,1-4H3/b24-15-,28-16+,29-26-. The minimum atomic E-state index is -0.161. The number of hydrogen-bond acceptors (Lipinski definition) is 7. The summed E-state index contributed by atoms with van der Waals surface area (Å²) < 4.78 is 10.6. The van der Waals surface area contributed by atoms with Crippen LogP contribution in [0.1, 0.15) is 43.2 Å². The average molecular weight is 490 g/mol. The molecule has 35 heavy (non-hydrogen) atoms. The van der Waals surface area contributed by atoms with Gasteiger partial charge in [0, 0.05) is 0 Å². The number of amides is 1. The minimum Gasteiger partial charge on any atom is -0.504 e. The van der Waals surface area contributed by atoms with Crippen molar-refractivity contribution in [3.05, 3.63) is 88.2 Å². The van der Waals surface area contributed by atoms with Crippen molar-refractivity contribution in [3.8, 4) is 11.5 Å². The highest BCUT2D eigenvalue weighted by Gasteiger charge is 2.34. The van der Waals surface area contributed by atoms with E-state index in [0.29, 0.717) is 27.1 Å². The van der Waals surface area contributed by atoms with Gasteiger partial charge in [-0.1, -0.05) is 45.0 Å². The number of methoxy groups -OCH3 is 1. The van der Waals surface area contributed by atoms with Gasteiger partial charge in [0.2, 0.25) is 0 Å². The largest absolute Gasteiger partial charge is 0.504 e. The molecule has 2 aromatic carbocycles. The summed E-state index contributed by atoms with van der Waals surface area (Å²) in [5.41, 5.74) is 2.92. The molecule has 1 amide bonds. The first-order valence-corrected chi connectivity index (χ1v) is 11.9. The van der Waals surface area contributed by atoms with Crippen molar-refractivity contribution in [2.45, 2.75) is 32.7 Å². The molecule has 8 heteroatoms. The molecule has 1 N–H and O–H groups in total. The Kier molecular flexibility index (Phi) is 7.12. The smallest absolute Gasteiger partial charge is 0.267 e. The highest BCUT2D eigenvalue weighted by Crippen LogP contribution is 2.34. The maximum Gasteiger partial charge on any atom is 0.267 e. The van der Waals surface area contributed by atoms with Crippen LogP contribution in [0.5, 0.6) is 11.5 Å². The van der Waals surface area contributed by atoms with Gasteiger partial charge in [0.25, 0.3) is 5.91 Å². The lowest BCUT2D eigenvalue weighted by atomic mass is 9.87. The summed E-state index contributed by atoms with van der Waals surface area (Å²) in [6.07, 6.45) is 4.98. The Morgan fingerprint density at radius 1 is 1.11 bits per heavy atom. The Bertz CT molecular complexity index is 1290. The zero-order chi connectivity index (χ0) is 25.0. The number of ether oxygens (including phenoxy) is 1. The number of benzene rings is 2. The minimum absolute atomic E-state index is 0.0443. The molecule has 2 heterocycles. The van der Waals surface area contributed by atoms with Crippen LogP contribution in [0.15, 0.2) is 80.4 Å². The summed E-state index contributed by atoms with van der Waals surface area (Å²) in [5, 5.41) is 18.7. The van der Waals surface area contributed by atoms with Crippen LogP contribution in [0.25, 0.3) is 6.08 Å². The topological polar surface area (TPSA) is 87.6 Å². The third kappa shape index (κ3) is 5.84. The summed E-state index contributed by atoms with van der Waals surface area (Å²) in [6, 6.07) is 16.7. The number of rotatable bonds is 6. The van der Waals surface area contributed by atoms with Crippen molar-refractivity contribution in [1.29, 1.82) is 0 Å². The first-order valence-electron chi connectivity index (χ1n) is 11.1. The summed E-state index contributed by atoms with van der Waals surface area (Å²) >= 11 is 1.27. The summed E-state index contributed by atoms with van der Waals surface area (Å²) in [7, 11) is 1.48. The van der Waals surface area contributed by atoms with E-state index < -0.39 is 0 Å². The summed E-state index contributed by atoms with van der Waals surface area (Å²) in [6.45, 7) is 6.75. The second kappa shape index (κ2) is 10.2. The molecular formula is C27H27N3O4S. The van der Waals surface area contributed by atoms with E-state index in [1.165, 1.54) is 36.7 Å². The summed E-state index contributed by atoms with van der Waals surface area (Å²) in [4.78, 5) is 15.4. The van der Waals surface area contributed by atoms with Crippen molar-refractivity contribution < 1.29 is 19.1 Å². The van der Waals surface area contributed by atoms with Crippen LogP contribution in [0.2, 0.25) is 0 Å². The van der Waals surface area contributed by atoms with Gasteiger partial charge in [0.15, 0.2) is 16.7 Å². The zero-order valence-electron chi connectivity index (χ0n) is 20.1. The fourth-order valence-corrected chi connectivity index (χ4v) is 4.37. The van der Waals surface area contributed by atoms with Gasteiger partial charge in [-0.2, -0.15) is 5.10 Å². The molecule has 0 spiro atoms. The Hall–Kier alpha value is -3.78. The number of amidine groups is 1. The predicted molar refractivity (Wildman–Crippen MR) is 140 cm³/mol.